The normalized spacial score (nSPS) is 12.6. The average Bonchev–Trinajstić information content (AvgIpc) is 2.42. The molecule has 6 heteroatoms. The molecule has 0 amide bonds. The third-order valence-electron chi connectivity index (χ3n) is 3.31. The van der Waals surface area contributed by atoms with Crippen LogP contribution in [-0.4, -0.2) is 18.5 Å². The summed E-state index contributed by atoms with van der Waals surface area (Å²) in [4.78, 5) is 24.9. The van der Waals surface area contributed by atoms with Gasteiger partial charge in [0.1, 0.15) is 5.60 Å². The van der Waals surface area contributed by atoms with Gasteiger partial charge in [-0.3, -0.25) is 4.79 Å². The summed E-state index contributed by atoms with van der Waals surface area (Å²) in [6.45, 7) is 6.77. The Hall–Kier alpha value is -1.14. The minimum absolute atomic E-state index is 0.228. The van der Waals surface area contributed by atoms with Crippen LogP contribution in [0.3, 0.4) is 0 Å². The number of rotatable bonds is 6. The number of carbonyl (C=O) groups is 2. The second kappa shape index (κ2) is 7.92. The van der Waals surface area contributed by atoms with Gasteiger partial charge in [-0.2, -0.15) is 0 Å². The van der Waals surface area contributed by atoms with Crippen LogP contribution in [-0.2, 0) is 24.7 Å². The Bertz CT molecular complexity index is 535. The lowest BCUT2D eigenvalue weighted by Gasteiger charge is -2.26. The molecule has 0 aliphatic heterocycles. The Kier molecular flexibility index (Phi) is 6.81. The van der Waals surface area contributed by atoms with E-state index < -0.39 is 17.5 Å². The van der Waals surface area contributed by atoms with Crippen molar-refractivity contribution in [2.45, 2.75) is 49.5 Å². The molecule has 22 heavy (non-hydrogen) atoms. The average molecular weight is 342 g/mol. The van der Waals surface area contributed by atoms with Crippen molar-refractivity contribution in [3.05, 3.63) is 23.8 Å². The minimum Gasteiger partial charge on any atom is -0.453 e. The highest BCUT2D eigenvalue weighted by Crippen LogP contribution is 2.29. The van der Waals surface area contributed by atoms with Crippen LogP contribution in [0.25, 0.3) is 0 Å². The van der Waals surface area contributed by atoms with E-state index in [1.54, 1.807) is 39.0 Å². The summed E-state index contributed by atoms with van der Waals surface area (Å²) in [7, 11) is 0. The third-order valence-corrected chi connectivity index (χ3v) is 3.83. The first-order valence-corrected chi connectivity index (χ1v) is 7.97. The fourth-order valence-corrected chi connectivity index (χ4v) is 2.41. The van der Waals surface area contributed by atoms with Gasteiger partial charge in [0.05, 0.1) is 5.92 Å². The van der Waals surface area contributed by atoms with Crippen molar-refractivity contribution in [2.24, 2.45) is 5.92 Å². The highest BCUT2D eigenvalue weighted by Gasteiger charge is 2.27. The van der Waals surface area contributed by atoms with Gasteiger partial charge in [-0.1, -0.05) is 13.8 Å². The first-order chi connectivity index (χ1) is 10.2. The fraction of sp³-hybridized carbons (Fsp3) is 0.500. The zero-order valence-corrected chi connectivity index (χ0v) is 15.0. The minimum atomic E-state index is -0.865. The summed E-state index contributed by atoms with van der Waals surface area (Å²) in [6, 6.07) is 5.41. The van der Waals surface area contributed by atoms with Gasteiger partial charge in [0.2, 0.25) is 0 Å². The lowest BCUT2D eigenvalue weighted by molar-refractivity contribution is -0.170. The molecule has 122 valence electrons. The number of benzene rings is 1. The van der Waals surface area contributed by atoms with E-state index in [1.165, 1.54) is 0 Å². The molecule has 0 fully saturated rings. The molecule has 0 aliphatic carbocycles. The molecule has 0 spiro atoms. The van der Waals surface area contributed by atoms with Gasteiger partial charge in [0, 0.05) is 9.79 Å². The number of ether oxygens (including phenoxy) is 2. The summed E-state index contributed by atoms with van der Waals surface area (Å²) in [5.41, 5.74) is -0.0950. The van der Waals surface area contributed by atoms with Crippen LogP contribution in [0.5, 0.6) is 0 Å². The molecule has 1 atom stereocenters. The van der Waals surface area contributed by atoms with Gasteiger partial charge in [0.25, 0.3) is 0 Å². The van der Waals surface area contributed by atoms with Gasteiger partial charge in [-0.15, -0.1) is 25.3 Å². The molecule has 1 unspecified atom stereocenters. The highest BCUT2D eigenvalue weighted by atomic mass is 32.1. The maximum absolute atomic E-state index is 11.9. The summed E-state index contributed by atoms with van der Waals surface area (Å²) < 4.78 is 10.4. The van der Waals surface area contributed by atoms with E-state index in [2.05, 4.69) is 25.3 Å². The Balaban J connectivity index is 2.67. The van der Waals surface area contributed by atoms with Crippen LogP contribution in [0.4, 0.5) is 0 Å². The van der Waals surface area contributed by atoms with Crippen molar-refractivity contribution in [3.8, 4) is 0 Å². The standard InChI is InChI=1S/C16H22O4S2/c1-5-10(2)15(18)19-9-14(17)20-16(3,4)11-6-12(21)8-13(22)7-11/h6-8,10,21-22H,5,9H2,1-4H3. The third kappa shape index (κ3) is 5.57. The molecule has 0 aromatic heterocycles. The van der Waals surface area contributed by atoms with Crippen LogP contribution in [0.1, 0.15) is 39.7 Å². The highest BCUT2D eigenvalue weighted by molar-refractivity contribution is 7.81. The molecular formula is C16H22O4S2. The zero-order valence-electron chi connectivity index (χ0n) is 13.3. The quantitative estimate of drug-likeness (QED) is 0.612. The molecule has 0 saturated heterocycles. The molecule has 0 heterocycles. The monoisotopic (exact) mass is 342 g/mol. The summed E-state index contributed by atoms with van der Waals surface area (Å²) in [6.07, 6.45) is 0.666. The van der Waals surface area contributed by atoms with E-state index in [4.69, 9.17) is 9.47 Å². The van der Waals surface area contributed by atoms with Gasteiger partial charge < -0.3 is 9.47 Å². The van der Waals surface area contributed by atoms with Gasteiger partial charge in [-0.05, 0) is 44.0 Å². The molecule has 0 radical (unpaired) electrons. The van der Waals surface area contributed by atoms with Crippen molar-refractivity contribution in [1.29, 1.82) is 0 Å². The molecular weight excluding hydrogens is 320 g/mol. The largest absolute Gasteiger partial charge is 0.453 e. The van der Waals surface area contributed by atoms with E-state index in [0.29, 0.717) is 6.42 Å². The van der Waals surface area contributed by atoms with Gasteiger partial charge in [0.15, 0.2) is 6.61 Å². The molecule has 1 aromatic rings. The molecule has 1 aromatic carbocycles. The van der Waals surface area contributed by atoms with Gasteiger partial charge >= 0.3 is 11.9 Å². The number of hydrogen-bond donors (Lipinski definition) is 2. The Morgan fingerprint density at radius 1 is 1.18 bits per heavy atom. The summed E-state index contributed by atoms with van der Waals surface area (Å²) in [5.74, 6) is -1.22. The van der Waals surface area contributed by atoms with Crippen molar-refractivity contribution < 1.29 is 19.1 Å². The van der Waals surface area contributed by atoms with Gasteiger partial charge in [-0.25, -0.2) is 4.79 Å². The van der Waals surface area contributed by atoms with Crippen LogP contribution in [0.15, 0.2) is 28.0 Å². The molecule has 0 saturated carbocycles. The molecule has 0 aliphatic rings. The second-order valence-corrected chi connectivity index (χ2v) is 6.67. The smallest absolute Gasteiger partial charge is 0.345 e. The first-order valence-electron chi connectivity index (χ1n) is 7.07. The second-order valence-electron chi connectivity index (χ2n) is 5.64. The first kappa shape index (κ1) is 18.9. The van der Waals surface area contributed by atoms with Crippen molar-refractivity contribution >= 4 is 37.2 Å². The Morgan fingerprint density at radius 3 is 2.23 bits per heavy atom. The molecule has 1 rings (SSSR count). The summed E-state index contributed by atoms with van der Waals surface area (Å²) >= 11 is 8.58. The fourth-order valence-electron chi connectivity index (χ4n) is 1.75. The van der Waals surface area contributed by atoms with E-state index in [1.807, 2.05) is 6.92 Å². The topological polar surface area (TPSA) is 52.6 Å². The van der Waals surface area contributed by atoms with E-state index in [9.17, 15) is 9.59 Å². The van der Waals surface area contributed by atoms with Crippen molar-refractivity contribution in [1.82, 2.24) is 0 Å². The van der Waals surface area contributed by atoms with E-state index in [0.717, 1.165) is 15.4 Å². The summed E-state index contributed by atoms with van der Waals surface area (Å²) in [5, 5.41) is 0. The number of esters is 2. The van der Waals surface area contributed by atoms with Crippen LogP contribution >= 0.6 is 25.3 Å². The van der Waals surface area contributed by atoms with Crippen LogP contribution in [0, 0.1) is 5.92 Å². The van der Waals surface area contributed by atoms with E-state index >= 15 is 0 Å². The predicted octanol–water partition coefficient (Wildman–Crippen LogP) is 3.63. The molecule has 4 nitrogen and oxygen atoms in total. The predicted molar refractivity (Wildman–Crippen MR) is 90.5 cm³/mol. The molecule has 0 bridgehead atoms. The van der Waals surface area contributed by atoms with Crippen molar-refractivity contribution in [3.63, 3.8) is 0 Å². The van der Waals surface area contributed by atoms with E-state index in [-0.39, 0.29) is 12.5 Å². The number of carbonyl (C=O) groups excluding carboxylic acids is 2. The lowest BCUT2D eigenvalue weighted by atomic mass is 9.98. The molecule has 0 N–H and O–H groups in total. The van der Waals surface area contributed by atoms with Crippen LogP contribution < -0.4 is 0 Å². The lowest BCUT2D eigenvalue weighted by Crippen LogP contribution is -2.29. The SMILES string of the molecule is CCC(C)C(=O)OCC(=O)OC(C)(C)c1cc(S)cc(S)c1. The zero-order chi connectivity index (χ0) is 16.9. The maximum Gasteiger partial charge on any atom is 0.345 e. The maximum atomic E-state index is 11.9. The van der Waals surface area contributed by atoms with Crippen LogP contribution in [0.2, 0.25) is 0 Å². The number of thiol groups is 2. The Labute approximate surface area is 142 Å². The van der Waals surface area contributed by atoms with Crippen molar-refractivity contribution in [2.75, 3.05) is 6.61 Å². The number of hydrogen-bond acceptors (Lipinski definition) is 6. The Morgan fingerprint density at radius 2 is 1.73 bits per heavy atom.